The first-order valence-electron chi connectivity index (χ1n) is 6.47. The van der Waals surface area contributed by atoms with E-state index in [0.29, 0.717) is 0 Å². The lowest BCUT2D eigenvalue weighted by Gasteiger charge is -2.01. The van der Waals surface area contributed by atoms with Crippen LogP contribution in [0.2, 0.25) is 0 Å². The highest BCUT2D eigenvalue weighted by Crippen LogP contribution is 2.34. The van der Waals surface area contributed by atoms with Crippen LogP contribution in [-0.4, -0.2) is 31.6 Å². The van der Waals surface area contributed by atoms with E-state index in [2.05, 4.69) is 20.3 Å². The Bertz CT molecular complexity index is 940. The highest BCUT2D eigenvalue weighted by Gasteiger charge is 2.16. The van der Waals surface area contributed by atoms with E-state index < -0.39 is 0 Å². The van der Waals surface area contributed by atoms with Crippen molar-refractivity contribution in [3.63, 3.8) is 0 Å². The molecule has 4 aromatic heterocycles. The van der Waals surface area contributed by atoms with Crippen LogP contribution in [-0.2, 0) is 7.05 Å². The van der Waals surface area contributed by atoms with Gasteiger partial charge in [-0.2, -0.15) is 0 Å². The second-order valence-electron chi connectivity index (χ2n) is 4.67. The molecular weight excluding hydrogens is 284 g/mol. The number of rotatable bonds is 2. The molecule has 0 bridgehead atoms. The average molecular weight is 296 g/mol. The van der Waals surface area contributed by atoms with E-state index in [1.807, 2.05) is 30.8 Å². The number of nitrogens with zero attached hydrogens (tertiary/aromatic N) is 5. The number of fused-ring (bicyclic) bond motifs is 3. The van der Waals surface area contributed by atoms with Crippen molar-refractivity contribution in [1.82, 2.24) is 24.5 Å². The Hall–Kier alpha value is -2.54. The number of aryl methyl sites for hydroxylation is 1. The molecule has 0 fully saturated rings. The Morgan fingerprint density at radius 3 is 2.71 bits per heavy atom. The summed E-state index contributed by atoms with van der Waals surface area (Å²) in [4.78, 5) is 18.8. The molecule has 0 spiro atoms. The predicted octanol–water partition coefficient (Wildman–Crippen LogP) is 2.68. The molecule has 7 heteroatoms. The minimum Gasteiger partial charge on any atom is -0.371 e. The van der Waals surface area contributed by atoms with E-state index in [0.717, 1.165) is 37.8 Å². The van der Waals surface area contributed by atoms with Gasteiger partial charge >= 0.3 is 0 Å². The maximum atomic E-state index is 4.76. The minimum atomic E-state index is 0.781. The third-order valence-corrected chi connectivity index (χ3v) is 4.37. The summed E-state index contributed by atoms with van der Waals surface area (Å²) in [5, 5.41) is 4.05. The lowest BCUT2D eigenvalue weighted by atomic mass is 10.3. The molecule has 0 aliphatic carbocycles. The van der Waals surface area contributed by atoms with Gasteiger partial charge in [-0.15, -0.1) is 0 Å². The molecule has 0 saturated carbocycles. The van der Waals surface area contributed by atoms with Gasteiger partial charge in [0.1, 0.15) is 26.4 Å². The van der Waals surface area contributed by atoms with Gasteiger partial charge in [0, 0.05) is 32.1 Å². The molecule has 4 aromatic rings. The van der Waals surface area contributed by atoms with Gasteiger partial charge in [0.05, 0.1) is 6.33 Å². The van der Waals surface area contributed by atoms with E-state index in [4.69, 9.17) is 4.98 Å². The minimum absolute atomic E-state index is 0.781. The molecule has 0 saturated heterocycles. The molecule has 4 rings (SSSR count). The predicted molar refractivity (Wildman–Crippen MR) is 84.5 cm³/mol. The molecule has 1 N–H and O–H groups in total. The molecular formula is C14H12N6S. The molecule has 104 valence electrons. The Morgan fingerprint density at radius 2 is 1.95 bits per heavy atom. The second-order valence-corrected chi connectivity index (χ2v) is 5.65. The van der Waals surface area contributed by atoms with Crippen molar-refractivity contribution in [2.24, 2.45) is 7.05 Å². The fraction of sp³-hybridized carbons (Fsp3) is 0.143. The number of nitrogens with one attached hydrogen (secondary N) is 1. The van der Waals surface area contributed by atoms with E-state index in [1.165, 1.54) is 0 Å². The Morgan fingerprint density at radius 1 is 1.14 bits per heavy atom. The number of hydrogen-bond acceptors (Lipinski definition) is 6. The van der Waals surface area contributed by atoms with Crippen molar-refractivity contribution in [2.75, 3.05) is 12.4 Å². The molecule has 6 nitrogen and oxygen atoms in total. The van der Waals surface area contributed by atoms with Crippen molar-refractivity contribution in [3.05, 3.63) is 30.9 Å². The van der Waals surface area contributed by atoms with Gasteiger partial charge in [0.25, 0.3) is 0 Å². The second kappa shape index (κ2) is 4.49. The quantitative estimate of drug-likeness (QED) is 0.616. The van der Waals surface area contributed by atoms with Crippen LogP contribution in [0, 0.1) is 0 Å². The molecule has 4 heterocycles. The lowest BCUT2D eigenvalue weighted by Crippen LogP contribution is -1.95. The normalized spacial score (nSPS) is 11.3. The van der Waals surface area contributed by atoms with Gasteiger partial charge in [-0.05, 0) is 12.1 Å². The van der Waals surface area contributed by atoms with Gasteiger partial charge in [-0.1, -0.05) is 11.3 Å². The van der Waals surface area contributed by atoms with Crippen LogP contribution in [0.3, 0.4) is 0 Å². The molecule has 21 heavy (non-hydrogen) atoms. The number of thiazole rings is 1. The monoisotopic (exact) mass is 296 g/mol. The van der Waals surface area contributed by atoms with Crippen molar-refractivity contribution in [3.8, 4) is 10.6 Å². The first kappa shape index (κ1) is 12.2. The topological polar surface area (TPSA) is 68.5 Å². The van der Waals surface area contributed by atoms with Gasteiger partial charge in [0.2, 0.25) is 0 Å². The van der Waals surface area contributed by atoms with Crippen molar-refractivity contribution < 1.29 is 0 Å². The fourth-order valence-electron chi connectivity index (χ4n) is 2.37. The third-order valence-electron chi connectivity index (χ3n) is 3.37. The number of pyridine rings is 2. The van der Waals surface area contributed by atoms with Crippen LogP contribution < -0.4 is 5.32 Å². The number of hydrogen-bond donors (Lipinski definition) is 1. The average Bonchev–Trinajstić information content (AvgIpc) is 3.11. The summed E-state index contributed by atoms with van der Waals surface area (Å²) < 4.78 is 1.98. The van der Waals surface area contributed by atoms with Crippen molar-refractivity contribution >= 4 is 38.5 Å². The summed E-state index contributed by atoms with van der Waals surface area (Å²) in [7, 11) is 3.83. The highest BCUT2D eigenvalue weighted by molar-refractivity contribution is 7.21. The van der Waals surface area contributed by atoms with Crippen molar-refractivity contribution in [2.45, 2.75) is 0 Å². The Labute approximate surface area is 124 Å². The van der Waals surface area contributed by atoms with Gasteiger partial charge < -0.3 is 9.88 Å². The van der Waals surface area contributed by atoms with Crippen molar-refractivity contribution in [1.29, 1.82) is 0 Å². The van der Waals surface area contributed by atoms with Crippen LogP contribution >= 0.6 is 11.3 Å². The summed E-state index contributed by atoms with van der Waals surface area (Å²) in [6, 6.07) is 3.91. The zero-order chi connectivity index (χ0) is 14.4. The molecule has 0 amide bonds. The Kier molecular flexibility index (Phi) is 2.61. The zero-order valence-electron chi connectivity index (χ0n) is 11.5. The summed E-state index contributed by atoms with van der Waals surface area (Å²) >= 11 is 1.58. The van der Waals surface area contributed by atoms with E-state index in [-0.39, 0.29) is 0 Å². The van der Waals surface area contributed by atoms with E-state index in [9.17, 15) is 0 Å². The molecule has 0 aromatic carbocycles. The SMILES string of the molecule is CNc1nc2sc(-c3ccncc3)nc2c2c1ncn2C. The molecule has 0 unspecified atom stereocenters. The first-order valence-corrected chi connectivity index (χ1v) is 7.29. The third kappa shape index (κ3) is 1.78. The van der Waals surface area contributed by atoms with Gasteiger partial charge in [0.15, 0.2) is 5.82 Å². The highest BCUT2D eigenvalue weighted by atomic mass is 32.1. The van der Waals surface area contributed by atoms with Crippen LogP contribution in [0.1, 0.15) is 0 Å². The van der Waals surface area contributed by atoms with Crippen LogP contribution in [0.5, 0.6) is 0 Å². The van der Waals surface area contributed by atoms with Gasteiger partial charge in [-0.3, -0.25) is 4.98 Å². The Balaban J connectivity index is 2.07. The molecule has 0 aliphatic rings. The van der Waals surface area contributed by atoms with E-state index in [1.54, 1.807) is 30.1 Å². The van der Waals surface area contributed by atoms with Crippen LogP contribution in [0.4, 0.5) is 5.82 Å². The fourth-order valence-corrected chi connectivity index (χ4v) is 3.32. The summed E-state index contributed by atoms with van der Waals surface area (Å²) in [6.45, 7) is 0. The number of aromatic nitrogens is 5. The maximum Gasteiger partial charge on any atom is 0.155 e. The summed E-state index contributed by atoms with van der Waals surface area (Å²) in [5.41, 5.74) is 3.79. The standard InChI is InChI=1S/C14H12N6S/c1-15-12-9-11(20(2)7-17-9)10-14(19-12)21-13(18-10)8-3-5-16-6-4-8/h3-7H,1-2H3,(H,15,19). The summed E-state index contributed by atoms with van der Waals surface area (Å²) in [6.07, 6.45) is 5.33. The smallest absolute Gasteiger partial charge is 0.155 e. The largest absolute Gasteiger partial charge is 0.371 e. The van der Waals surface area contributed by atoms with Gasteiger partial charge in [-0.25, -0.2) is 15.0 Å². The zero-order valence-corrected chi connectivity index (χ0v) is 12.3. The summed E-state index contributed by atoms with van der Waals surface area (Å²) in [5.74, 6) is 0.781. The molecule has 0 atom stereocenters. The molecule has 0 radical (unpaired) electrons. The maximum absolute atomic E-state index is 4.76. The molecule has 0 aliphatic heterocycles. The van der Waals surface area contributed by atoms with Crippen LogP contribution in [0.25, 0.3) is 32.0 Å². The number of anilines is 1. The van der Waals surface area contributed by atoms with E-state index >= 15 is 0 Å². The first-order chi connectivity index (χ1) is 10.3. The van der Waals surface area contributed by atoms with Crippen LogP contribution in [0.15, 0.2) is 30.9 Å². The number of imidazole rings is 1. The lowest BCUT2D eigenvalue weighted by molar-refractivity contribution is 0.949.